The van der Waals surface area contributed by atoms with Crippen molar-refractivity contribution in [1.82, 2.24) is 19.9 Å². The van der Waals surface area contributed by atoms with Crippen LogP contribution in [0.15, 0.2) is 30.6 Å². The molecule has 0 saturated carbocycles. The number of alkyl halides is 2. The van der Waals surface area contributed by atoms with Gasteiger partial charge in [-0.3, -0.25) is 9.69 Å². The number of piperidine rings is 1. The van der Waals surface area contributed by atoms with Gasteiger partial charge in [-0.1, -0.05) is 0 Å². The van der Waals surface area contributed by atoms with E-state index in [1.807, 2.05) is 19.0 Å². The first kappa shape index (κ1) is 23.5. The summed E-state index contributed by atoms with van der Waals surface area (Å²) in [6, 6.07) is 5.98. The number of H-pyrrole nitrogens is 1. The Bertz CT molecular complexity index is 1200. The number of rotatable bonds is 6. The van der Waals surface area contributed by atoms with Gasteiger partial charge in [0.25, 0.3) is 0 Å². The van der Waals surface area contributed by atoms with Crippen molar-refractivity contribution in [3.63, 3.8) is 0 Å². The van der Waals surface area contributed by atoms with Crippen LogP contribution < -0.4 is 15.0 Å². The SMILES string of the molecule is CN(C)C1(C(=O)Nc2ccc(OC(F)F)cc2)CCN(c2ncnc3[nH]c4c(c23)CCCC4)CC1. The van der Waals surface area contributed by atoms with Crippen molar-refractivity contribution in [2.75, 3.05) is 37.4 Å². The maximum absolute atomic E-state index is 13.4. The van der Waals surface area contributed by atoms with Crippen LogP contribution in [-0.2, 0) is 17.6 Å². The van der Waals surface area contributed by atoms with Gasteiger partial charge in [-0.05, 0) is 82.4 Å². The van der Waals surface area contributed by atoms with Gasteiger partial charge in [0.2, 0.25) is 5.91 Å². The van der Waals surface area contributed by atoms with Crippen LogP contribution >= 0.6 is 0 Å². The van der Waals surface area contributed by atoms with Crippen LogP contribution in [0.1, 0.15) is 36.9 Å². The molecular weight excluding hydrogens is 454 g/mol. The number of carbonyl (C=O) groups excluding carboxylic acids is 1. The zero-order chi connectivity index (χ0) is 24.6. The quantitative estimate of drug-likeness (QED) is 0.551. The number of aryl methyl sites for hydroxylation is 2. The Morgan fingerprint density at radius 2 is 1.86 bits per heavy atom. The molecule has 2 N–H and O–H groups in total. The molecule has 1 aliphatic carbocycles. The van der Waals surface area contributed by atoms with Crippen molar-refractivity contribution < 1.29 is 18.3 Å². The maximum atomic E-state index is 13.4. The Morgan fingerprint density at radius 1 is 1.14 bits per heavy atom. The second-order valence-corrected chi connectivity index (χ2v) is 9.48. The van der Waals surface area contributed by atoms with Crippen LogP contribution in [0.4, 0.5) is 20.3 Å². The summed E-state index contributed by atoms with van der Waals surface area (Å²) >= 11 is 0. The number of hydrogen-bond donors (Lipinski definition) is 2. The van der Waals surface area contributed by atoms with Crippen LogP contribution in [0, 0.1) is 0 Å². The topological polar surface area (TPSA) is 86.4 Å². The second-order valence-electron chi connectivity index (χ2n) is 9.48. The van der Waals surface area contributed by atoms with E-state index < -0.39 is 12.2 Å². The Balaban J connectivity index is 1.33. The lowest BCUT2D eigenvalue weighted by Gasteiger charge is -2.45. The summed E-state index contributed by atoms with van der Waals surface area (Å²) in [5, 5.41) is 4.08. The van der Waals surface area contributed by atoms with Crippen molar-refractivity contribution in [2.45, 2.75) is 50.7 Å². The fourth-order valence-electron chi connectivity index (χ4n) is 5.38. The highest BCUT2D eigenvalue weighted by molar-refractivity contribution is 5.98. The summed E-state index contributed by atoms with van der Waals surface area (Å²) < 4.78 is 29.2. The summed E-state index contributed by atoms with van der Waals surface area (Å²) in [6.45, 7) is -1.52. The summed E-state index contributed by atoms with van der Waals surface area (Å²) in [5.41, 5.74) is 3.35. The Morgan fingerprint density at radius 3 is 2.54 bits per heavy atom. The zero-order valence-electron chi connectivity index (χ0n) is 20.0. The number of halogens is 2. The third-order valence-corrected chi connectivity index (χ3v) is 7.37. The number of fused-ring (bicyclic) bond motifs is 3. The van der Waals surface area contributed by atoms with E-state index in [0.717, 1.165) is 29.7 Å². The monoisotopic (exact) mass is 484 g/mol. The van der Waals surface area contributed by atoms with E-state index in [-0.39, 0.29) is 11.7 Å². The molecule has 2 aliphatic rings. The van der Waals surface area contributed by atoms with Crippen LogP contribution in [-0.4, -0.2) is 65.1 Å². The van der Waals surface area contributed by atoms with Crippen LogP contribution in [0.5, 0.6) is 5.75 Å². The lowest BCUT2D eigenvalue weighted by atomic mass is 9.85. The minimum atomic E-state index is -2.88. The minimum Gasteiger partial charge on any atom is -0.435 e. The number of carbonyl (C=O) groups is 1. The lowest BCUT2D eigenvalue weighted by Crippen LogP contribution is -2.59. The number of nitrogens with zero attached hydrogens (tertiary/aromatic N) is 4. The van der Waals surface area contributed by atoms with E-state index in [9.17, 15) is 13.6 Å². The van der Waals surface area contributed by atoms with E-state index in [1.165, 1.54) is 36.2 Å². The van der Waals surface area contributed by atoms with Gasteiger partial charge in [-0.2, -0.15) is 8.78 Å². The smallest absolute Gasteiger partial charge is 0.387 e. The molecule has 0 atom stereocenters. The van der Waals surface area contributed by atoms with Gasteiger partial charge in [0.15, 0.2) is 0 Å². The van der Waals surface area contributed by atoms with Crippen molar-refractivity contribution >= 4 is 28.4 Å². The molecular formula is C25H30F2N6O2. The van der Waals surface area contributed by atoms with E-state index in [0.29, 0.717) is 31.6 Å². The predicted octanol–water partition coefficient (Wildman–Crippen LogP) is 3.98. The molecule has 1 aromatic carbocycles. The van der Waals surface area contributed by atoms with E-state index in [1.54, 1.807) is 18.5 Å². The van der Waals surface area contributed by atoms with Gasteiger partial charge in [0.05, 0.1) is 5.39 Å². The molecule has 10 heteroatoms. The van der Waals surface area contributed by atoms with Crippen LogP contribution in [0.2, 0.25) is 0 Å². The molecule has 5 rings (SSSR count). The highest BCUT2D eigenvalue weighted by Gasteiger charge is 2.44. The van der Waals surface area contributed by atoms with Gasteiger partial charge < -0.3 is 19.9 Å². The molecule has 186 valence electrons. The molecule has 1 amide bonds. The molecule has 3 aromatic rings. The molecule has 8 nitrogen and oxygen atoms in total. The molecule has 0 radical (unpaired) electrons. The average molecular weight is 485 g/mol. The lowest BCUT2D eigenvalue weighted by molar-refractivity contribution is -0.128. The fourth-order valence-corrected chi connectivity index (χ4v) is 5.38. The Hall–Kier alpha value is -3.27. The largest absolute Gasteiger partial charge is 0.435 e. The summed E-state index contributed by atoms with van der Waals surface area (Å²) in [6.07, 6.45) is 7.30. The standard InChI is InChI=1S/C25H30F2N6O2/c1-32(2)25(23(34)30-16-7-9-17(10-8-16)35-24(26)27)11-13-33(14-12-25)22-20-18-5-3-4-6-19(18)31-21(20)28-15-29-22/h7-10,15,24H,3-6,11-14H2,1-2H3,(H,30,34)(H,28,29,31). The van der Waals surface area contributed by atoms with Crippen LogP contribution in [0.3, 0.4) is 0 Å². The minimum absolute atomic E-state index is 0.0525. The number of nitrogens with one attached hydrogen (secondary N) is 2. The van der Waals surface area contributed by atoms with E-state index in [2.05, 4.69) is 29.9 Å². The van der Waals surface area contributed by atoms with Gasteiger partial charge in [-0.15, -0.1) is 0 Å². The van der Waals surface area contributed by atoms with Gasteiger partial charge in [0.1, 0.15) is 29.1 Å². The third kappa shape index (κ3) is 4.42. The third-order valence-electron chi connectivity index (χ3n) is 7.37. The molecule has 0 bridgehead atoms. The number of aromatic nitrogens is 3. The zero-order valence-corrected chi connectivity index (χ0v) is 20.0. The van der Waals surface area contributed by atoms with Gasteiger partial charge in [-0.25, -0.2) is 9.97 Å². The van der Waals surface area contributed by atoms with Gasteiger partial charge in [0, 0.05) is 24.5 Å². The number of hydrogen-bond acceptors (Lipinski definition) is 6. The van der Waals surface area contributed by atoms with Gasteiger partial charge >= 0.3 is 6.61 Å². The Kier molecular flexibility index (Phi) is 6.31. The molecule has 1 aliphatic heterocycles. The first-order valence-electron chi connectivity index (χ1n) is 12.0. The summed E-state index contributed by atoms with van der Waals surface area (Å²) in [5.74, 6) is 0.880. The first-order chi connectivity index (χ1) is 16.9. The van der Waals surface area contributed by atoms with Crippen molar-refractivity contribution in [3.05, 3.63) is 41.9 Å². The first-order valence-corrected chi connectivity index (χ1v) is 12.0. The molecule has 1 fully saturated rings. The van der Waals surface area contributed by atoms with Crippen molar-refractivity contribution in [2.24, 2.45) is 0 Å². The highest BCUT2D eigenvalue weighted by Crippen LogP contribution is 2.37. The molecule has 3 heterocycles. The number of benzene rings is 1. The molecule has 2 aromatic heterocycles. The summed E-state index contributed by atoms with van der Waals surface area (Å²) in [4.78, 5) is 30.3. The normalized spacial score (nSPS) is 17.6. The molecule has 1 saturated heterocycles. The van der Waals surface area contributed by atoms with Crippen molar-refractivity contribution in [3.8, 4) is 5.75 Å². The molecule has 0 unspecified atom stereocenters. The second kappa shape index (κ2) is 9.41. The molecule has 0 spiro atoms. The highest BCUT2D eigenvalue weighted by atomic mass is 19.3. The molecule has 35 heavy (non-hydrogen) atoms. The summed E-state index contributed by atoms with van der Waals surface area (Å²) in [7, 11) is 3.83. The number of ether oxygens (including phenoxy) is 1. The van der Waals surface area contributed by atoms with E-state index in [4.69, 9.17) is 0 Å². The fraction of sp³-hybridized carbons (Fsp3) is 0.480. The number of likely N-dealkylation sites (N-methyl/N-ethyl adjacent to an activating group) is 1. The number of aromatic amines is 1. The number of amides is 1. The van der Waals surface area contributed by atoms with Crippen LogP contribution in [0.25, 0.3) is 11.0 Å². The number of anilines is 2. The Labute approximate surface area is 202 Å². The maximum Gasteiger partial charge on any atom is 0.387 e. The predicted molar refractivity (Wildman–Crippen MR) is 130 cm³/mol. The van der Waals surface area contributed by atoms with E-state index >= 15 is 0 Å². The average Bonchev–Trinajstić information content (AvgIpc) is 3.24. The van der Waals surface area contributed by atoms with Crippen molar-refractivity contribution in [1.29, 1.82) is 0 Å².